The third-order valence-electron chi connectivity index (χ3n) is 18.7. The van der Waals surface area contributed by atoms with Gasteiger partial charge in [0.1, 0.15) is 53.1 Å². The summed E-state index contributed by atoms with van der Waals surface area (Å²) in [5, 5.41) is 31.0. The van der Waals surface area contributed by atoms with E-state index in [1.54, 1.807) is 50.2 Å². The number of amides is 7. The van der Waals surface area contributed by atoms with Crippen LogP contribution in [0.1, 0.15) is 139 Å². The predicted molar refractivity (Wildman–Crippen MR) is 357 cm³/mol. The average Bonchev–Trinajstić information content (AvgIpc) is 1.61. The van der Waals surface area contributed by atoms with Gasteiger partial charge in [0.2, 0.25) is 41.1 Å². The molecular formula is C68H87N11O15S2. The number of allylic oxidation sites excluding steroid dienone is 6. The minimum Gasteiger partial charge on any atom is -0.744 e. The Bertz CT molecular complexity index is 4040. The van der Waals surface area contributed by atoms with Crippen LogP contribution in [0.4, 0.5) is 11.4 Å². The van der Waals surface area contributed by atoms with E-state index >= 15 is 0 Å². The number of nitrogens with zero attached hydrogens (tertiary/aromatic N) is 5. The molecule has 3 aromatic carbocycles. The number of phenols is 1. The summed E-state index contributed by atoms with van der Waals surface area (Å²) < 4.78 is 72.3. The van der Waals surface area contributed by atoms with Crippen LogP contribution in [0.25, 0.3) is 5.57 Å². The zero-order valence-corrected chi connectivity index (χ0v) is 57.0. The lowest BCUT2D eigenvalue weighted by Crippen LogP contribution is -2.57. The van der Waals surface area contributed by atoms with E-state index in [2.05, 4.69) is 21.3 Å². The van der Waals surface area contributed by atoms with Crippen molar-refractivity contribution < 1.29 is 74.3 Å². The number of anilines is 1. The molecule has 0 spiro atoms. The Morgan fingerprint density at radius 3 is 2.16 bits per heavy atom. The number of primary amides is 1. The smallest absolute Gasteiger partial charge is 0.294 e. The number of phenolic OH excluding ortho intramolecular Hbond substituents is 1. The van der Waals surface area contributed by atoms with Gasteiger partial charge in [-0.1, -0.05) is 32.1 Å². The maximum absolute atomic E-state index is 14.6. The maximum atomic E-state index is 14.6. The predicted octanol–water partition coefficient (Wildman–Crippen LogP) is 3.86. The van der Waals surface area contributed by atoms with Crippen LogP contribution in [0.15, 0.2) is 119 Å². The van der Waals surface area contributed by atoms with Crippen molar-refractivity contribution in [2.24, 2.45) is 11.5 Å². The van der Waals surface area contributed by atoms with Crippen LogP contribution in [0.2, 0.25) is 0 Å². The molecule has 4 aliphatic rings. The third kappa shape index (κ3) is 16.2. The molecule has 8 rings (SSSR count). The highest BCUT2D eigenvalue weighted by molar-refractivity contribution is 7.86. The minimum absolute atomic E-state index is 0.0233. The number of nitrogens with one attached hydrogen (secondary N) is 4. The average molecular weight is 1360 g/mol. The van der Waals surface area contributed by atoms with Crippen LogP contribution < -0.4 is 37.6 Å². The molecule has 3 unspecified atom stereocenters. The van der Waals surface area contributed by atoms with E-state index in [4.69, 9.17) is 16.5 Å². The van der Waals surface area contributed by atoms with E-state index in [0.717, 1.165) is 22.7 Å². The molecule has 96 heavy (non-hydrogen) atoms. The first kappa shape index (κ1) is 73.1. The molecule has 0 saturated carbocycles. The van der Waals surface area contributed by atoms with Crippen LogP contribution in [0, 0.1) is 0 Å². The van der Waals surface area contributed by atoms with Crippen LogP contribution in [-0.4, -0.2) is 178 Å². The van der Waals surface area contributed by atoms with Gasteiger partial charge in [-0.15, -0.1) is 0 Å². The number of aromatic hydroxyl groups is 1. The Balaban J connectivity index is 0.899. The van der Waals surface area contributed by atoms with E-state index in [-0.39, 0.29) is 59.8 Å². The lowest BCUT2D eigenvalue weighted by atomic mass is 9.81. The van der Waals surface area contributed by atoms with Crippen molar-refractivity contribution in [3.05, 3.63) is 137 Å². The second-order valence-corrected chi connectivity index (χ2v) is 29.0. The summed E-state index contributed by atoms with van der Waals surface area (Å²) in [5.74, 6) is -4.18. The molecule has 28 heteroatoms. The number of fused-ring (bicyclic) bond motifs is 2. The lowest BCUT2D eigenvalue weighted by molar-refractivity contribution is -0.401. The van der Waals surface area contributed by atoms with Gasteiger partial charge in [0.25, 0.3) is 16.0 Å². The van der Waals surface area contributed by atoms with Gasteiger partial charge in [-0.25, -0.2) is 8.42 Å². The maximum Gasteiger partial charge on any atom is 0.294 e. The minimum atomic E-state index is -4.74. The van der Waals surface area contributed by atoms with Crippen LogP contribution in [-0.2, 0) is 66.3 Å². The fourth-order valence-electron chi connectivity index (χ4n) is 13.4. The summed E-state index contributed by atoms with van der Waals surface area (Å²) in [6.45, 7) is 13.0. The number of benzene rings is 3. The lowest BCUT2D eigenvalue weighted by Gasteiger charge is -2.33. The summed E-state index contributed by atoms with van der Waals surface area (Å²) in [6, 6.07) is 11.4. The normalized spacial score (nSPS) is 20.9. The number of carbonyl (C=O) groups excluding carboxylic acids is 7. The van der Waals surface area contributed by atoms with E-state index in [1.807, 2.05) is 75.6 Å². The molecule has 0 radical (unpaired) electrons. The standard InChI is InChI=1S/C68H87N11O15S2/c1-39-34-52(74-64(86)60(41(3)80)75-59(82)31-18-42-16-22-45(81)23-17-42)65(87)79(39)56-35-40(2)78(66(56)88)55(15-10-12-32-69)63(85)73-51(61(70)83)14-11-13-33-71-62(84)44-19-26-50(72-38-44)43(20-29-57-67(4,5)48-36-46(95(89,90)91)24-27-53(48)76(57)8)21-30-58-68(6,7)49-37-47(96(92,93)94)25-28-54(49)77(58)9/h16-17,19-30,36-41,51-52,55-56,60,80H,10-15,18,31-35,69H2,1-9H3,(H8-,70,71,73,74,75,81,82,83,84,85,86,89,90,91,92,93,94)/t39?,40?,41-,51?,52-,55-,56-,60-/m0/s1. The third-order valence-corrected chi connectivity index (χ3v) is 20.4. The molecule has 0 aliphatic carbocycles. The molecule has 0 bridgehead atoms. The van der Waals surface area contributed by atoms with Gasteiger partial charge in [0.15, 0.2) is 5.71 Å². The molecule has 2 saturated heterocycles. The molecular weight excluding hydrogens is 1270 g/mol. The number of likely N-dealkylation sites (tertiary alicyclic amines) is 2. The van der Waals surface area contributed by atoms with E-state index < -0.39 is 121 Å². The zero-order valence-electron chi connectivity index (χ0n) is 55.4. The Labute approximate surface area is 559 Å². The van der Waals surface area contributed by atoms with Crippen LogP contribution >= 0.6 is 0 Å². The topological polar surface area (TPSA) is 397 Å². The van der Waals surface area contributed by atoms with Crippen molar-refractivity contribution in [2.45, 2.75) is 182 Å². The number of likely N-dealkylation sites (N-methyl/N-ethyl adjacent to an activating group) is 1. The monoisotopic (exact) mass is 1360 g/mol. The first-order valence-corrected chi connectivity index (χ1v) is 34.8. The quantitative estimate of drug-likeness (QED) is 0.0169. The van der Waals surface area contributed by atoms with Crippen LogP contribution in [0.5, 0.6) is 5.75 Å². The molecule has 4 aliphatic heterocycles. The van der Waals surface area contributed by atoms with Gasteiger partial charge in [0, 0.05) is 78.4 Å². The molecule has 11 N–H and O–H groups in total. The SMILES string of the molecule is CC1C[C@H](NC(=O)[C@@H](NC(=O)CCc2ccc(O)cc2)[C@H](C)O)C(=O)N1[C@H]1CC(C)N([C@@H](CCCCN)C(=O)NC(CCCCNC(=O)c2ccc(C(=C\C=C3\N(C)c4ccc(S(=O)(=O)O)cc4C3(C)C)/C=C/C3=[N+](C)c4ccc(S(=O)(=O)[O-])cc4C3(C)C)nc2)C(N)=O)C1=O. The Kier molecular flexibility index (Phi) is 22.7. The highest BCUT2D eigenvalue weighted by Gasteiger charge is 2.52. The van der Waals surface area contributed by atoms with Crippen LogP contribution in [0.3, 0.4) is 0 Å². The highest BCUT2D eigenvalue weighted by Crippen LogP contribution is 2.48. The van der Waals surface area contributed by atoms with Gasteiger partial charge in [-0.2, -0.15) is 13.0 Å². The summed E-state index contributed by atoms with van der Waals surface area (Å²) in [5.41, 5.74) is 16.5. The van der Waals surface area contributed by atoms with Crippen molar-refractivity contribution in [2.75, 3.05) is 32.1 Å². The van der Waals surface area contributed by atoms with Crippen molar-refractivity contribution in [3.8, 4) is 5.75 Å². The number of hydrogen-bond donors (Lipinski definition) is 9. The molecule has 1 aromatic heterocycles. The first-order chi connectivity index (χ1) is 45.1. The zero-order chi connectivity index (χ0) is 70.5. The summed E-state index contributed by atoms with van der Waals surface area (Å²) in [6.07, 6.45) is 9.95. The summed E-state index contributed by atoms with van der Waals surface area (Å²) >= 11 is 0. The van der Waals surface area contributed by atoms with Gasteiger partial charge in [-0.3, -0.25) is 43.1 Å². The van der Waals surface area contributed by atoms with Crippen molar-refractivity contribution in [1.29, 1.82) is 0 Å². The number of aliphatic hydroxyl groups excluding tert-OH is 1. The van der Waals surface area contributed by atoms with Crippen molar-refractivity contribution in [3.63, 3.8) is 0 Å². The number of aryl methyl sites for hydroxylation is 1. The summed E-state index contributed by atoms with van der Waals surface area (Å²) in [4.78, 5) is 105. The Hall–Kier alpha value is -8.67. The summed E-state index contributed by atoms with van der Waals surface area (Å²) in [7, 11) is -5.58. The molecule has 516 valence electrons. The number of hydrogen-bond acceptors (Lipinski definition) is 17. The number of pyridine rings is 1. The number of aliphatic hydroxyl groups is 1. The second kappa shape index (κ2) is 29.8. The van der Waals surface area contributed by atoms with E-state index in [1.165, 1.54) is 59.3 Å². The van der Waals surface area contributed by atoms with Gasteiger partial charge >= 0.3 is 0 Å². The molecule has 5 heterocycles. The van der Waals surface area contributed by atoms with Crippen molar-refractivity contribution >= 4 is 84.2 Å². The molecule has 2 fully saturated rings. The second-order valence-electron chi connectivity index (χ2n) is 26.2. The molecule has 26 nitrogen and oxygen atoms in total. The highest BCUT2D eigenvalue weighted by atomic mass is 32.2. The fourth-order valence-corrected chi connectivity index (χ4v) is 14.4. The van der Waals surface area contributed by atoms with E-state index in [0.29, 0.717) is 66.7 Å². The van der Waals surface area contributed by atoms with E-state index in [9.17, 15) is 69.7 Å². The molecule has 8 atom stereocenters. The van der Waals surface area contributed by atoms with Gasteiger partial charge in [0.05, 0.1) is 32.6 Å². The molecule has 7 amide bonds. The van der Waals surface area contributed by atoms with Crippen molar-refractivity contribution in [1.82, 2.24) is 36.1 Å². The number of rotatable bonds is 28. The molecule has 4 aromatic rings. The fraction of sp³-hybridized carbons (Fsp3) is 0.456. The van der Waals surface area contributed by atoms with Gasteiger partial charge in [-0.05, 0) is 177 Å². The Morgan fingerprint density at radius 2 is 1.52 bits per heavy atom. The Morgan fingerprint density at radius 1 is 0.844 bits per heavy atom. The largest absolute Gasteiger partial charge is 0.744 e. The number of carbonyl (C=O) groups is 7. The number of unbranched alkanes of at least 4 members (excludes halogenated alkanes) is 2. The van der Waals surface area contributed by atoms with Gasteiger partial charge < -0.3 is 62.2 Å². The first-order valence-electron chi connectivity index (χ1n) is 32.0. The number of aromatic nitrogens is 1. The number of nitrogens with two attached hydrogens (primary N) is 2.